The molecule has 114 valence electrons. The lowest BCUT2D eigenvalue weighted by Crippen LogP contribution is -2.47. The highest BCUT2D eigenvalue weighted by Gasteiger charge is 2.33. The minimum Gasteiger partial charge on any atom is -0.347 e. The van der Waals surface area contributed by atoms with E-state index >= 15 is 0 Å². The fourth-order valence-corrected chi connectivity index (χ4v) is 4.45. The van der Waals surface area contributed by atoms with Gasteiger partial charge in [0.15, 0.2) is 6.29 Å². The van der Waals surface area contributed by atoms with Gasteiger partial charge in [-0.15, -0.1) is 11.3 Å². The third-order valence-corrected chi connectivity index (χ3v) is 5.60. The van der Waals surface area contributed by atoms with Gasteiger partial charge in [0.05, 0.1) is 4.70 Å². The Kier molecular flexibility index (Phi) is 3.43. The van der Waals surface area contributed by atoms with Crippen LogP contribution in [0.1, 0.15) is 33.7 Å². The van der Waals surface area contributed by atoms with Gasteiger partial charge in [-0.1, -0.05) is 0 Å². The van der Waals surface area contributed by atoms with Gasteiger partial charge in [0.2, 0.25) is 0 Å². The zero-order valence-electron chi connectivity index (χ0n) is 12.1. The summed E-state index contributed by atoms with van der Waals surface area (Å²) in [6.07, 6.45) is 4.80. The molecule has 2 aromatic heterocycles. The molecule has 0 spiro atoms. The first kappa shape index (κ1) is 13.8. The van der Waals surface area contributed by atoms with E-state index in [9.17, 15) is 9.59 Å². The number of carbonyl (C=O) groups is 2. The lowest BCUT2D eigenvalue weighted by atomic mass is 9.97. The Morgan fingerprint density at radius 2 is 2.36 bits per heavy atom. The molecule has 4 rings (SSSR count). The topological polar surface area (TPSA) is 62.3 Å². The van der Waals surface area contributed by atoms with Crippen LogP contribution in [0.3, 0.4) is 0 Å². The Hall–Kier alpha value is -1.79. The van der Waals surface area contributed by atoms with E-state index in [0.29, 0.717) is 17.2 Å². The highest BCUT2D eigenvalue weighted by molar-refractivity contribution is 7.17. The maximum atomic E-state index is 12.4. The van der Waals surface area contributed by atoms with Crippen molar-refractivity contribution in [1.29, 1.82) is 0 Å². The zero-order chi connectivity index (χ0) is 15.1. The second-order valence-electron chi connectivity index (χ2n) is 6.19. The van der Waals surface area contributed by atoms with E-state index in [4.69, 9.17) is 0 Å². The molecule has 2 saturated heterocycles. The van der Waals surface area contributed by atoms with Gasteiger partial charge >= 0.3 is 0 Å². The van der Waals surface area contributed by atoms with Crippen LogP contribution in [-0.2, 0) is 0 Å². The molecule has 1 amide bonds. The molecular formula is C16H17N3O2S. The van der Waals surface area contributed by atoms with Crippen LogP contribution < -0.4 is 5.32 Å². The van der Waals surface area contributed by atoms with Crippen LogP contribution >= 0.6 is 11.3 Å². The summed E-state index contributed by atoms with van der Waals surface area (Å²) < 4.78 is 0.931. The number of aldehydes is 1. The van der Waals surface area contributed by atoms with Gasteiger partial charge in [0.1, 0.15) is 5.69 Å². The highest BCUT2D eigenvalue weighted by Crippen LogP contribution is 2.27. The van der Waals surface area contributed by atoms with Gasteiger partial charge in [-0.25, -0.2) is 4.98 Å². The third-order valence-electron chi connectivity index (χ3n) is 4.65. The molecule has 3 atom stereocenters. The van der Waals surface area contributed by atoms with Crippen LogP contribution in [0.25, 0.3) is 10.1 Å². The highest BCUT2D eigenvalue weighted by atomic mass is 32.1. The van der Waals surface area contributed by atoms with Crippen molar-refractivity contribution in [3.8, 4) is 0 Å². The maximum absolute atomic E-state index is 12.4. The fourth-order valence-electron chi connectivity index (χ4n) is 3.59. The first-order valence-corrected chi connectivity index (χ1v) is 8.46. The number of piperidine rings is 1. The van der Waals surface area contributed by atoms with E-state index in [1.165, 1.54) is 24.3 Å². The second-order valence-corrected chi connectivity index (χ2v) is 7.11. The van der Waals surface area contributed by atoms with Crippen molar-refractivity contribution >= 4 is 33.6 Å². The smallest absolute Gasteiger partial charge is 0.270 e. The minimum atomic E-state index is -0.141. The van der Waals surface area contributed by atoms with Crippen molar-refractivity contribution in [1.82, 2.24) is 15.2 Å². The largest absolute Gasteiger partial charge is 0.347 e. The summed E-state index contributed by atoms with van der Waals surface area (Å²) in [4.78, 5) is 30.1. The van der Waals surface area contributed by atoms with Gasteiger partial charge in [-0.2, -0.15) is 0 Å². The Bertz CT molecular complexity index is 730. The number of rotatable bonds is 3. The number of amides is 1. The van der Waals surface area contributed by atoms with Gasteiger partial charge < -0.3 is 10.2 Å². The van der Waals surface area contributed by atoms with E-state index in [2.05, 4.69) is 15.2 Å². The van der Waals surface area contributed by atoms with Crippen molar-refractivity contribution in [3.63, 3.8) is 0 Å². The zero-order valence-corrected chi connectivity index (χ0v) is 12.9. The number of nitrogens with one attached hydrogen (secondary N) is 1. The fraction of sp³-hybridized carbons (Fsp3) is 0.438. The summed E-state index contributed by atoms with van der Waals surface area (Å²) in [5, 5.41) is 5.71. The molecule has 4 heterocycles. The number of pyridine rings is 1. The summed E-state index contributed by atoms with van der Waals surface area (Å²) >= 11 is 1.47. The SMILES string of the molecule is O=Cc1csc2cnc(C(=O)N[C@@H]3C[C@H]4CCN(C4)C3)cc12. The summed E-state index contributed by atoms with van der Waals surface area (Å²) in [7, 11) is 0. The van der Waals surface area contributed by atoms with Crippen LogP contribution in [0.5, 0.6) is 0 Å². The van der Waals surface area contributed by atoms with Crippen molar-refractivity contribution in [2.24, 2.45) is 5.92 Å². The lowest BCUT2D eigenvalue weighted by molar-refractivity contribution is 0.0904. The van der Waals surface area contributed by atoms with Gasteiger partial charge in [-0.3, -0.25) is 9.59 Å². The molecule has 0 radical (unpaired) electrons. The van der Waals surface area contributed by atoms with Crippen molar-refractivity contribution in [2.45, 2.75) is 18.9 Å². The molecule has 0 aliphatic carbocycles. The Morgan fingerprint density at radius 3 is 3.18 bits per heavy atom. The van der Waals surface area contributed by atoms with Crippen LogP contribution in [0.15, 0.2) is 17.6 Å². The van der Waals surface area contributed by atoms with E-state index in [-0.39, 0.29) is 11.9 Å². The minimum absolute atomic E-state index is 0.141. The van der Waals surface area contributed by atoms with Crippen LogP contribution in [0.4, 0.5) is 0 Å². The van der Waals surface area contributed by atoms with Crippen LogP contribution in [0.2, 0.25) is 0 Å². The number of carbonyl (C=O) groups excluding carboxylic acids is 2. The number of aromatic nitrogens is 1. The number of fused-ring (bicyclic) bond motifs is 3. The predicted molar refractivity (Wildman–Crippen MR) is 85.4 cm³/mol. The number of thiophene rings is 1. The second kappa shape index (κ2) is 5.44. The molecule has 2 aliphatic heterocycles. The average molecular weight is 315 g/mol. The molecule has 6 heteroatoms. The molecule has 1 unspecified atom stereocenters. The standard InChI is InChI=1S/C16H17N3O2S/c20-8-11-9-22-15-5-17-14(4-13(11)15)16(21)18-12-3-10-1-2-19(6-10)7-12/h4-5,8-10,12H,1-3,6-7H2,(H,18,21)/t10-,12-/m1/s1. The molecule has 2 aromatic rings. The summed E-state index contributed by atoms with van der Waals surface area (Å²) in [5.41, 5.74) is 1.01. The van der Waals surface area contributed by atoms with Crippen molar-refractivity contribution < 1.29 is 9.59 Å². The summed E-state index contributed by atoms with van der Waals surface area (Å²) in [6, 6.07) is 1.93. The predicted octanol–water partition coefficient (Wildman–Crippen LogP) is 1.93. The summed E-state index contributed by atoms with van der Waals surface area (Å²) in [6.45, 7) is 3.26. The maximum Gasteiger partial charge on any atom is 0.270 e. The molecule has 0 aromatic carbocycles. The van der Waals surface area contributed by atoms with Crippen molar-refractivity contribution in [2.75, 3.05) is 19.6 Å². The Labute approximate surface area is 132 Å². The molecular weight excluding hydrogens is 298 g/mol. The Morgan fingerprint density at radius 1 is 1.45 bits per heavy atom. The lowest BCUT2D eigenvalue weighted by Gasteiger charge is -2.30. The molecule has 1 N–H and O–H groups in total. The third kappa shape index (κ3) is 2.42. The van der Waals surface area contributed by atoms with Crippen LogP contribution in [0, 0.1) is 5.92 Å². The first-order valence-electron chi connectivity index (χ1n) is 7.58. The average Bonchev–Trinajstić information content (AvgIpc) is 3.09. The number of hydrogen-bond donors (Lipinski definition) is 1. The van der Waals surface area contributed by atoms with E-state index in [1.54, 1.807) is 17.6 Å². The van der Waals surface area contributed by atoms with Gasteiger partial charge in [-0.05, 0) is 31.4 Å². The van der Waals surface area contributed by atoms with Gasteiger partial charge in [0.25, 0.3) is 5.91 Å². The monoisotopic (exact) mass is 315 g/mol. The van der Waals surface area contributed by atoms with Gasteiger partial charge in [0, 0.05) is 41.7 Å². The molecule has 2 bridgehead atoms. The first-order chi connectivity index (χ1) is 10.7. The number of hydrogen-bond acceptors (Lipinski definition) is 5. The van der Waals surface area contributed by atoms with Crippen molar-refractivity contribution in [3.05, 3.63) is 28.9 Å². The molecule has 0 saturated carbocycles. The molecule has 22 heavy (non-hydrogen) atoms. The quantitative estimate of drug-likeness (QED) is 0.879. The van der Waals surface area contributed by atoms with E-state index in [0.717, 1.165) is 35.9 Å². The van der Waals surface area contributed by atoms with E-state index < -0.39 is 0 Å². The summed E-state index contributed by atoms with van der Waals surface area (Å²) in [5.74, 6) is 0.575. The van der Waals surface area contributed by atoms with E-state index in [1.807, 2.05) is 0 Å². The Balaban J connectivity index is 1.53. The normalized spacial score (nSPS) is 27.0. The van der Waals surface area contributed by atoms with Crippen LogP contribution in [-0.4, -0.2) is 47.8 Å². The number of nitrogens with zero attached hydrogens (tertiary/aromatic N) is 2. The molecule has 2 fully saturated rings. The molecule has 2 aliphatic rings. The molecule has 5 nitrogen and oxygen atoms in total.